The van der Waals surface area contributed by atoms with Crippen molar-refractivity contribution in [2.45, 2.75) is 13.5 Å². The first kappa shape index (κ1) is 14.2. The number of hydrogen-bond donors (Lipinski definition) is 1. The third-order valence-electron chi connectivity index (χ3n) is 2.53. The summed E-state index contributed by atoms with van der Waals surface area (Å²) in [6.45, 7) is 1.97. The summed E-state index contributed by atoms with van der Waals surface area (Å²) >= 11 is 1.44. The number of esters is 1. The van der Waals surface area contributed by atoms with Gasteiger partial charge in [-0.25, -0.2) is 9.48 Å². The Balaban J connectivity index is 2.43. The molecule has 0 saturated carbocycles. The van der Waals surface area contributed by atoms with Gasteiger partial charge in [-0.2, -0.15) is 0 Å². The van der Waals surface area contributed by atoms with Gasteiger partial charge in [0, 0.05) is 7.05 Å². The Morgan fingerprint density at radius 3 is 2.90 bits per heavy atom. The zero-order valence-electron chi connectivity index (χ0n) is 11.1. The molecule has 0 unspecified atom stereocenters. The van der Waals surface area contributed by atoms with Crippen molar-refractivity contribution in [3.05, 3.63) is 23.2 Å². The maximum Gasteiger partial charge on any atom is 0.361 e. The van der Waals surface area contributed by atoms with Crippen molar-refractivity contribution in [2.24, 2.45) is 0 Å². The van der Waals surface area contributed by atoms with Gasteiger partial charge < -0.3 is 10.1 Å². The van der Waals surface area contributed by atoms with Gasteiger partial charge in [-0.1, -0.05) is 11.3 Å². The molecule has 0 aliphatic rings. The van der Waals surface area contributed by atoms with Crippen LogP contribution in [0, 0.1) is 0 Å². The highest BCUT2D eigenvalue weighted by Gasteiger charge is 2.23. The molecule has 0 bridgehead atoms. The van der Waals surface area contributed by atoms with Gasteiger partial charge in [-0.3, -0.25) is 4.79 Å². The Bertz CT molecular complexity index is 606. The van der Waals surface area contributed by atoms with Crippen LogP contribution in [-0.4, -0.2) is 40.5 Å². The van der Waals surface area contributed by atoms with E-state index < -0.39 is 5.97 Å². The predicted octanol–water partition coefficient (Wildman–Crippen LogP) is 0.929. The molecule has 0 aliphatic carbocycles. The summed E-state index contributed by atoms with van der Waals surface area (Å²) in [5.74, 6) is -0.762. The van der Waals surface area contributed by atoms with Crippen LogP contribution < -0.4 is 5.32 Å². The van der Waals surface area contributed by atoms with E-state index >= 15 is 0 Å². The molecule has 2 heterocycles. The molecule has 0 atom stereocenters. The van der Waals surface area contributed by atoms with Crippen LogP contribution in [-0.2, 0) is 16.1 Å². The largest absolute Gasteiger partial charge is 0.461 e. The molecule has 106 valence electrons. The highest BCUT2D eigenvalue weighted by molar-refractivity contribution is 7.13. The van der Waals surface area contributed by atoms with Crippen LogP contribution in [0.5, 0.6) is 0 Å². The van der Waals surface area contributed by atoms with Gasteiger partial charge in [0.25, 0.3) is 0 Å². The Kier molecular flexibility index (Phi) is 4.46. The summed E-state index contributed by atoms with van der Waals surface area (Å²) in [6.07, 6.45) is 0. The van der Waals surface area contributed by atoms with Gasteiger partial charge in [0.1, 0.15) is 12.2 Å². The number of likely N-dealkylation sites (N-methyl/N-ethyl adjacent to an activating group) is 1. The molecule has 0 saturated heterocycles. The van der Waals surface area contributed by atoms with Gasteiger partial charge >= 0.3 is 5.97 Å². The normalized spacial score (nSPS) is 10.3. The number of ether oxygens (including phenoxy) is 1. The van der Waals surface area contributed by atoms with E-state index in [2.05, 4.69) is 15.6 Å². The van der Waals surface area contributed by atoms with Crippen molar-refractivity contribution in [1.29, 1.82) is 0 Å². The minimum absolute atomic E-state index is 0.00383. The quantitative estimate of drug-likeness (QED) is 0.829. The number of carbonyl (C=O) groups excluding carboxylic acids is 2. The number of amides is 1. The second-order valence-corrected chi connectivity index (χ2v) is 4.76. The molecule has 0 aliphatic heterocycles. The molecule has 1 amide bonds. The lowest BCUT2D eigenvalue weighted by molar-refractivity contribution is -0.121. The lowest BCUT2D eigenvalue weighted by atomic mass is 10.2. The zero-order valence-corrected chi connectivity index (χ0v) is 11.9. The SMILES string of the molecule is CCOC(=O)c1nnn(CC(=O)NC)c1-c1cccs1. The van der Waals surface area contributed by atoms with Crippen LogP contribution in [0.25, 0.3) is 10.6 Å². The molecule has 7 nitrogen and oxygen atoms in total. The van der Waals surface area contributed by atoms with Gasteiger partial charge in [0.15, 0.2) is 5.69 Å². The standard InChI is InChI=1S/C12H14N4O3S/c1-3-19-12(18)10-11(8-5-4-6-20-8)16(15-14-10)7-9(17)13-2/h4-6H,3,7H2,1-2H3,(H,13,17). The van der Waals surface area contributed by atoms with Gasteiger partial charge in [-0.15, -0.1) is 16.4 Å². The average Bonchev–Trinajstić information content (AvgIpc) is 3.07. The van der Waals surface area contributed by atoms with Crippen LogP contribution >= 0.6 is 11.3 Å². The predicted molar refractivity (Wildman–Crippen MR) is 73.4 cm³/mol. The smallest absolute Gasteiger partial charge is 0.361 e. The first-order valence-corrected chi connectivity index (χ1v) is 6.90. The van der Waals surface area contributed by atoms with Gasteiger partial charge in [-0.05, 0) is 18.4 Å². The molecular weight excluding hydrogens is 280 g/mol. The van der Waals surface area contributed by atoms with E-state index in [0.29, 0.717) is 5.69 Å². The monoisotopic (exact) mass is 294 g/mol. The first-order chi connectivity index (χ1) is 9.67. The summed E-state index contributed by atoms with van der Waals surface area (Å²) < 4.78 is 6.36. The minimum Gasteiger partial charge on any atom is -0.461 e. The number of nitrogens with zero attached hydrogens (tertiary/aromatic N) is 3. The van der Waals surface area contributed by atoms with E-state index in [4.69, 9.17) is 4.74 Å². The molecule has 1 N–H and O–H groups in total. The van der Waals surface area contributed by atoms with Crippen molar-refractivity contribution in [1.82, 2.24) is 20.3 Å². The summed E-state index contributed by atoms with van der Waals surface area (Å²) in [4.78, 5) is 24.2. The van der Waals surface area contributed by atoms with E-state index in [-0.39, 0.29) is 24.8 Å². The van der Waals surface area contributed by atoms with Crippen molar-refractivity contribution in [3.8, 4) is 10.6 Å². The maximum atomic E-state index is 11.9. The van der Waals surface area contributed by atoms with Crippen molar-refractivity contribution in [3.63, 3.8) is 0 Å². The average molecular weight is 294 g/mol. The van der Waals surface area contributed by atoms with Crippen LogP contribution in [0.1, 0.15) is 17.4 Å². The molecule has 0 fully saturated rings. The summed E-state index contributed by atoms with van der Waals surface area (Å²) in [5, 5.41) is 12.1. The van der Waals surface area contributed by atoms with E-state index in [0.717, 1.165) is 4.88 Å². The molecule has 0 aromatic carbocycles. The Labute approximate surface area is 119 Å². The van der Waals surface area contributed by atoms with E-state index in [1.54, 1.807) is 6.92 Å². The number of rotatable bonds is 5. The molecule has 2 aromatic rings. The Morgan fingerprint density at radius 1 is 1.50 bits per heavy atom. The van der Waals surface area contributed by atoms with Crippen LogP contribution in [0.15, 0.2) is 17.5 Å². The fourth-order valence-electron chi connectivity index (χ4n) is 1.63. The topological polar surface area (TPSA) is 86.1 Å². The third kappa shape index (κ3) is 2.85. The number of aromatic nitrogens is 3. The van der Waals surface area contributed by atoms with Crippen molar-refractivity contribution < 1.29 is 14.3 Å². The van der Waals surface area contributed by atoms with Gasteiger partial charge in [0.2, 0.25) is 5.91 Å². The summed E-state index contributed by atoms with van der Waals surface area (Å²) in [7, 11) is 1.54. The molecular formula is C12H14N4O3S. The van der Waals surface area contributed by atoms with Crippen LogP contribution in [0.4, 0.5) is 0 Å². The lowest BCUT2D eigenvalue weighted by Gasteiger charge is -2.05. The number of thiophene rings is 1. The summed E-state index contributed by atoms with van der Waals surface area (Å²) in [5.41, 5.74) is 0.625. The number of carbonyl (C=O) groups is 2. The molecule has 8 heteroatoms. The molecule has 2 rings (SSSR count). The molecule has 2 aromatic heterocycles. The second-order valence-electron chi connectivity index (χ2n) is 3.82. The lowest BCUT2D eigenvalue weighted by Crippen LogP contribution is -2.24. The fraction of sp³-hybridized carbons (Fsp3) is 0.333. The molecule has 0 radical (unpaired) electrons. The second kappa shape index (κ2) is 6.29. The van der Waals surface area contributed by atoms with E-state index in [9.17, 15) is 9.59 Å². The maximum absolute atomic E-state index is 11.9. The zero-order chi connectivity index (χ0) is 14.5. The Morgan fingerprint density at radius 2 is 2.30 bits per heavy atom. The van der Waals surface area contributed by atoms with Crippen LogP contribution in [0.3, 0.4) is 0 Å². The molecule has 0 spiro atoms. The number of nitrogens with one attached hydrogen (secondary N) is 1. The van der Waals surface area contributed by atoms with Gasteiger partial charge in [0.05, 0.1) is 11.5 Å². The fourth-order valence-corrected chi connectivity index (χ4v) is 2.41. The Hall–Kier alpha value is -2.22. The minimum atomic E-state index is -0.543. The highest BCUT2D eigenvalue weighted by atomic mass is 32.1. The van der Waals surface area contributed by atoms with Crippen LogP contribution in [0.2, 0.25) is 0 Å². The van der Waals surface area contributed by atoms with Crippen molar-refractivity contribution >= 4 is 23.2 Å². The first-order valence-electron chi connectivity index (χ1n) is 6.02. The number of hydrogen-bond acceptors (Lipinski definition) is 6. The van der Waals surface area contributed by atoms with Crippen molar-refractivity contribution in [2.75, 3.05) is 13.7 Å². The highest BCUT2D eigenvalue weighted by Crippen LogP contribution is 2.27. The molecule has 20 heavy (non-hydrogen) atoms. The summed E-state index contributed by atoms with van der Waals surface area (Å²) in [6, 6.07) is 3.69. The third-order valence-corrected chi connectivity index (χ3v) is 3.41. The van der Waals surface area contributed by atoms with E-state index in [1.165, 1.54) is 23.1 Å². The van der Waals surface area contributed by atoms with E-state index in [1.807, 2.05) is 17.5 Å².